The maximum atomic E-state index is 5.76. The SMILES string of the molecule is CC.CC1OB(c2cnnn2C)OC1(C)C. The van der Waals surface area contributed by atoms with Crippen molar-refractivity contribution in [1.29, 1.82) is 0 Å². The van der Waals surface area contributed by atoms with E-state index in [0.29, 0.717) is 0 Å². The highest BCUT2D eigenvalue weighted by Gasteiger charge is 2.45. The third kappa shape index (κ3) is 2.44. The Kier molecular flexibility index (Phi) is 4.10. The van der Waals surface area contributed by atoms with Crippen molar-refractivity contribution < 1.29 is 9.31 Å². The summed E-state index contributed by atoms with van der Waals surface area (Å²) in [6.07, 6.45) is 1.74. The van der Waals surface area contributed by atoms with Crippen LogP contribution in [0.5, 0.6) is 0 Å². The molecule has 0 aromatic carbocycles. The minimum Gasteiger partial charge on any atom is -0.401 e. The topological polar surface area (TPSA) is 49.2 Å². The van der Waals surface area contributed by atoms with E-state index >= 15 is 0 Å². The van der Waals surface area contributed by atoms with Gasteiger partial charge in [-0.3, -0.25) is 4.68 Å². The van der Waals surface area contributed by atoms with E-state index in [1.54, 1.807) is 10.9 Å². The van der Waals surface area contributed by atoms with Gasteiger partial charge in [-0.15, -0.1) is 5.10 Å². The molecule has 0 N–H and O–H groups in total. The van der Waals surface area contributed by atoms with Gasteiger partial charge in [0.15, 0.2) is 0 Å². The zero-order valence-corrected chi connectivity index (χ0v) is 10.9. The second kappa shape index (κ2) is 4.97. The number of aryl methyl sites for hydroxylation is 1. The van der Waals surface area contributed by atoms with Crippen molar-refractivity contribution >= 4 is 12.7 Å². The fraction of sp³-hybridized carbons (Fsp3) is 0.800. The van der Waals surface area contributed by atoms with Gasteiger partial charge in [0.25, 0.3) is 0 Å². The molecular formula is C10H20BN3O2. The molecule has 0 bridgehead atoms. The Morgan fingerprint density at radius 3 is 2.44 bits per heavy atom. The van der Waals surface area contributed by atoms with Gasteiger partial charge >= 0.3 is 7.12 Å². The van der Waals surface area contributed by atoms with E-state index in [4.69, 9.17) is 9.31 Å². The van der Waals surface area contributed by atoms with Crippen molar-refractivity contribution in [3.05, 3.63) is 6.20 Å². The number of hydrogen-bond acceptors (Lipinski definition) is 4. The molecule has 1 saturated heterocycles. The third-order valence-electron chi connectivity index (χ3n) is 2.71. The average molecular weight is 225 g/mol. The standard InChI is InChI=1S/C8H14BN3O2.C2H6/c1-6-8(2,3)14-9(13-6)7-5-10-11-12(7)4;1-2/h5-6H,1-4H3;1-2H3. The molecule has 1 unspecified atom stereocenters. The molecule has 0 amide bonds. The molecule has 0 saturated carbocycles. The quantitative estimate of drug-likeness (QED) is 0.662. The van der Waals surface area contributed by atoms with E-state index in [9.17, 15) is 0 Å². The summed E-state index contributed by atoms with van der Waals surface area (Å²) in [4.78, 5) is 0. The lowest BCUT2D eigenvalue weighted by molar-refractivity contribution is 0.0842. The Morgan fingerprint density at radius 2 is 2.06 bits per heavy atom. The Balaban J connectivity index is 0.000000606. The fourth-order valence-corrected chi connectivity index (χ4v) is 1.39. The summed E-state index contributed by atoms with van der Waals surface area (Å²) in [7, 11) is 1.48. The van der Waals surface area contributed by atoms with Gasteiger partial charge in [0.2, 0.25) is 0 Å². The summed E-state index contributed by atoms with van der Waals surface area (Å²) in [5, 5.41) is 7.63. The van der Waals surface area contributed by atoms with Gasteiger partial charge < -0.3 is 9.31 Å². The Morgan fingerprint density at radius 1 is 1.44 bits per heavy atom. The van der Waals surface area contributed by atoms with E-state index in [-0.39, 0.29) is 18.8 Å². The summed E-state index contributed by atoms with van der Waals surface area (Å²) >= 11 is 0. The highest BCUT2D eigenvalue weighted by Crippen LogP contribution is 2.26. The maximum Gasteiger partial charge on any atom is 0.515 e. The van der Waals surface area contributed by atoms with Crippen molar-refractivity contribution in [3.63, 3.8) is 0 Å². The molecule has 0 spiro atoms. The van der Waals surface area contributed by atoms with Gasteiger partial charge in [-0.05, 0) is 20.8 Å². The number of nitrogens with zero attached hydrogens (tertiary/aromatic N) is 3. The summed E-state index contributed by atoms with van der Waals surface area (Å²) in [5.41, 5.74) is 0.594. The second-order valence-electron chi connectivity index (χ2n) is 4.11. The van der Waals surface area contributed by atoms with Crippen LogP contribution in [0.2, 0.25) is 0 Å². The van der Waals surface area contributed by atoms with Gasteiger partial charge in [0, 0.05) is 7.05 Å². The monoisotopic (exact) mass is 225 g/mol. The largest absolute Gasteiger partial charge is 0.515 e. The molecule has 90 valence electrons. The molecule has 0 radical (unpaired) electrons. The van der Waals surface area contributed by atoms with E-state index < -0.39 is 0 Å². The lowest BCUT2D eigenvalue weighted by Gasteiger charge is -2.21. The molecule has 5 nitrogen and oxygen atoms in total. The van der Waals surface area contributed by atoms with Gasteiger partial charge in [0.05, 0.1) is 23.5 Å². The van der Waals surface area contributed by atoms with Crippen molar-refractivity contribution in [1.82, 2.24) is 15.0 Å². The zero-order chi connectivity index (χ0) is 12.3. The number of rotatable bonds is 1. The van der Waals surface area contributed by atoms with Crippen LogP contribution in [0.4, 0.5) is 0 Å². The highest BCUT2D eigenvalue weighted by atomic mass is 16.7. The van der Waals surface area contributed by atoms with E-state index in [1.807, 2.05) is 41.7 Å². The number of hydrogen-bond donors (Lipinski definition) is 0. The Hall–Kier alpha value is -0.875. The smallest absolute Gasteiger partial charge is 0.401 e. The minimum atomic E-state index is -0.347. The van der Waals surface area contributed by atoms with Gasteiger partial charge in [0.1, 0.15) is 0 Å². The van der Waals surface area contributed by atoms with Crippen LogP contribution in [0.25, 0.3) is 0 Å². The molecule has 1 fully saturated rings. The lowest BCUT2D eigenvalue weighted by Crippen LogP contribution is -2.38. The van der Waals surface area contributed by atoms with Crippen molar-refractivity contribution in [3.8, 4) is 0 Å². The molecule has 1 aromatic heterocycles. The van der Waals surface area contributed by atoms with Gasteiger partial charge in [-0.1, -0.05) is 19.1 Å². The van der Waals surface area contributed by atoms with Crippen LogP contribution in [0.3, 0.4) is 0 Å². The second-order valence-corrected chi connectivity index (χ2v) is 4.11. The van der Waals surface area contributed by atoms with Gasteiger partial charge in [-0.2, -0.15) is 0 Å². The lowest BCUT2D eigenvalue weighted by atomic mass is 9.85. The van der Waals surface area contributed by atoms with Crippen molar-refractivity contribution in [2.24, 2.45) is 7.05 Å². The van der Waals surface area contributed by atoms with Gasteiger partial charge in [-0.25, -0.2) is 0 Å². The number of aromatic nitrogens is 3. The highest BCUT2D eigenvalue weighted by molar-refractivity contribution is 6.61. The Bertz CT molecular complexity index is 341. The molecule has 16 heavy (non-hydrogen) atoms. The zero-order valence-electron chi connectivity index (χ0n) is 10.9. The molecule has 1 atom stereocenters. The predicted molar refractivity (Wildman–Crippen MR) is 63.5 cm³/mol. The van der Waals surface area contributed by atoms with Crippen LogP contribution < -0.4 is 5.59 Å². The molecule has 6 heteroatoms. The Labute approximate surface area is 97.3 Å². The van der Waals surface area contributed by atoms with E-state index in [1.165, 1.54) is 0 Å². The molecule has 1 aliphatic rings. The first kappa shape index (κ1) is 13.2. The van der Waals surface area contributed by atoms with Crippen molar-refractivity contribution in [2.45, 2.75) is 46.3 Å². The molecule has 2 rings (SSSR count). The van der Waals surface area contributed by atoms with Crippen LogP contribution >= 0.6 is 0 Å². The van der Waals surface area contributed by atoms with Crippen LogP contribution in [0.1, 0.15) is 34.6 Å². The average Bonchev–Trinajstić information content (AvgIpc) is 2.75. The fourth-order valence-electron chi connectivity index (χ4n) is 1.39. The maximum absolute atomic E-state index is 5.76. The predicted octanol–water partition coefficient (Wildman–Crippen LogP) is 0.750. The summed E-state index contributed by atoms with van der Waals surface area (Å²) < 4.78 is 13.1. The third-order valence-corrected chi connectivity index (χ3v) is 2.71. The van der Waals surface area contributed by atoms with Crippen LogP contribution in [-0.2, 0) is 16.4 Å². The van der Waals surface area contributed by atoms with Crippen LogP contribution in [-0.4, -0.2) is 33.8 Å². The first-order valence-electron chi connectivity index (χ1n) is 5.68. The first-order valence-corrected chi connectivity index (χ1v) is 5.68. The molecule has 1 aliphatic heterocycles. The summed E-state index contributed by atoms with van der Waals surface area (Å²) in [6.45, 7) is 10.0. The van der Waals surface area contributed by atoms with Crippen LogP contribution in [0, 0.1) is 0 Å². The normalized spacial score (nSPS) is 22.9. The molecule has 1 aromatic rings. The first-order chi connectivity index (χ1) is 7.50. The van der Waals surface area contributed by atoms with Crippen LogP contribution in [0.15, 0.2) is 6.20 Å². The van der Waals surface area contributed by atoms with Crippen molar-refractivity contribution in [2.75, 3.05) is 0 Å². The summed E-state index contributed by atoms with van der Waals surface area (Å²) in [6, 6.07) is 0. The molecular weight excluding hydrogens is 205 g/mol. The van der Waals surface area contributed by atoms with E-state index in [2.05, 4.69) is 10.3 Å². The molecule has 2 heterocycles. The summed E-state index contributed by atoms with van der Waals surface area (Å²) in [5.74, 6) is 0. The molecule has 0 aliphatic carbocycles. The minimum absolute atomic E-state index is 0.0717. The van der Waals surface area contributed by atoms with E-state index in [0.717, 1.165) is 5.59 Å².